The molecule has 126 valence electrons. The zero-order valence-electron chi connectivity index (χ0n) is 13.0. The summed E-state index contributed by atoms with van der Waals surface area (Å²) in [6.07, 6.45) is 0. The minimum atomic E-state index is -0.491. The lowest BCUT2D eigenvalue weighted by molar-refractivity contribution is -0.123. The van der Waals surface area contributed by atoms with Gasteiger partial charge in [0.2, 0.25) is 0 Å². The number of halogens is 1. The Morgan fingerprint density at radius 1 is 1.00 bits per heavy atom. The Hall–Kier alpha value is -2.73. The topological polar surface area (TPSA) is 76.7 Å². The standard InChI is InChI=1S/C17H17ClN2O4/c1-2-23-14-8-6-12(7-9-14)17(22)20-19-16(21)11-24-15-5-3-4-13(18)10-15/h3-10H,2,11H2,1H3,(H,19,21)(H,20,22). The van der Waals surface area contributed by atoms with Crippen molar-refractivity contribution in [1.29, 1.82) is 0 Å². The summed E-state index contributed by atoms with van der Waals surface area (Å²) >= 11 is 5.82. The van der Waals surface area contributed by atoms with Gasteiger partial charge in [-0.15, -0.1) is 0 Å². The number of nitrogens with one attached hydrogen (secondary N) is 2. The van der Waals surface area contributed by atoms with Gasteiger partial charge in [0.05, 0.1) is 6.61 Å². The number of hydrazine groups is 1. The van der Waals surface area contributed by atoms with E-state index in [4.69, 9.17) is 21.1 Å². The number of carbonyl (C=O) groups excluding carboxylic acids is 2. The molecule has 7 heteroatoms. The molecule has 2 N–H and O–H groups in total. The molecule has 0 saturated carbocycles. The van der Waals surface area contributed by atoms with E-state index in [-0.39, 0.29) is 6.61 Å². The molecule has 0 fully saturated rings. The van der Waals surface area contributed by atoms with E-state index in [1.54, 1.807) is 48.5 Å². The zero-order chi connectivity index (χ0) is 17.4. The average molecular weight is 349 g/mol. The van der Waals surface area contributed by atoms with Crippen molar-refractivity contribution >= 4 is 23.4 Å². The Labute approximate surface area is 144 Å². The number of ether oxygens (including phenoxy) is 2. The van der Waals surface area contributed by atoms with E-state index in [1.807, 2.05) is 6.92 Å². The molecule has 0 aliphatic carbocycles. The molecule has 0 atom stereocenters. The molecule has 24 heavy (non-hydrogen) atoms. The summed E-state index contributed by atoms with van der Waals surface area (Å²) < 4.78 is 10.6. The molecule has 2 rings (SSSR count). The highest BCUT2D eigenvalue weighted by Gasteiger charge is 2.08. The highest BCUT2D eigenvalue weighted by Crippen LogP contribution is 2.16. The highest BCUT2D eigenvalue weighted by molar-refractivity contribution is 6.30. The first-order chi connectivity index (χ1) is 11.6. The van der Waals surface area contributed by atoms with E-state index in [1.165, 1.54) is 0 Å². The lowest BCUT2D eigenvalue weighted by Crippen LogP contribution is -2.43. The van der Waals surface area contributed by atoms with Gasteiger partial charge in [0.15, 0.2) is 6.61 Å². The Bertz CT molecular complexity index is 704. The summed E-state index contributed by atoms with van der Waals surface area (Å²) in [6, 6.07) is 13.3. The van der Waals surface area contributed by atoms with Gasteiger partial charge in [-0.25, -0.2) is 0 Å². The van der Waals surface area contributed by atoms with Gasteiger partial charge < -0.3 is 9.47 Å². The van der Waals surface area contributed by atoms with Crippen molar-refractivity contribution in [2.75, 3.05) is 13.2 Å². The normalized spacial score (nSPS) is 9.92. The number of hydrogen-bond donors (Lipinski definition) is 2. The van der Waals surface area contributed by atoms with Crippen LogP contribution in [0, 0.1) is 0 Å². The van der Waals surface area contributed by atoms with E-state index in [9.17, 15) is 9.59 Å². The second-order valence-electron chi connectivity index (χ2n) is 4.71. The van der Waals surface area contributed by atoms with Crippen LogP contribution in [0.15, 0.2) is 48.5 Å². The molecule has 0 aliphatic rings. The van der Waals surface area contributed by atoms with Gasteiger partial charge in [0.25, 0.3) is 11.8 Å². The average Bonchev–Trinajstić information content (AvgIpc) is 2.59. The van der Waals surface area contributed by atoms with E-state index < -0.39 is 11.8 Å². The Morgan fingerprint density at radius 3 is 2.42 bits per heavy atom. The zero-order valence-corrected chi connectivity index (χ0v) is 13.8. The molecular formula is C17H17ClN2O4. The van der Waals surface area contributed by atoms with E-state index >= 15 is 0 Å². The summed E-state index contributed by atoms with van der Waals surface area (Å²) in [5.41, 5.74) is 4.99. The van der Waals surface area contributed by atoms with Gasteiger partial charge in [-0.2, -0.15) is 0 Å². The summed E-state index contributed by atoms with van der Waals surface area (Å²) in [5.74, 6) is 0.215. The first kappa shape index (κ1) is 17.6. The highest BCUT2D eigenvalue weighted by atomic mass is 35.5. The van der Waals surface area contributed by atoms with Crippen molar-refractivity contribution in [3.8, 4) is 11.5 Å². The Kier molecular flexibility index (Phi) is 6.45. The smallest absolute Gasteiger partial charge is 0.276 e. The molecule has 0 spiro atoms. The monoisotopic (exact) mass is 348 g/mol. The number of amides is 2. The molecule has 0 heterocycles. The Balaban J connectivity index is 1.77. The molecule has 0 bridgehead atoms. The summed E-state index contributed by atoms with van der Waals surface area (Å²) in [4.78, 5) is 23.6. The van der Waals surface area contributed by atoms with E-state index in [0.717, 1.165) is 0 Å². The maximum Gasteiger partial charge on any atom is 0.276 e. The van der Waals surface area contributed by atoms with Crippen LogP contribution in [0.2, 0.25) is 5.02 Å². The second-order valence-corrected chi connectivity index (χ2v) is 5.14. The second kappa shape index (κ2) is 8.79. The predicted molar refractivity (Wildman–Crippen MR) is 90.2 cm³/mol. The minimum Gasteiger partial charge on any atom is -0.494 e. The van der Waals surface area contributed by atoms with Gasteiger partial charge in [-0.1, -0.05) is 17.7 Å². The Morgan fingerprint density at radius 2 is 1.75 bits per heavy atom. The third-order valence-corrected chi connectivity index (χ3v) is 3.14. The van der Waals surface area contributed by atoms with Crippen LogP contribution < -0.4 is 20.3 Å². The number of carbonyl (C=O) groups is 2. The fourth-order valence-electron chi connectivity index (χ4n) is 1.81. The SMILES string of the molecule is CCOc1ccc(C(=O)NNC(=O)COc2cccc(Cl)c2)cc1. The van der Waals surface area contributed by atoms with Crippen LogP contribution in [0.5, 0.6) is 11.5 Å². The molecule has 0 saturated heterocycles. The van der Waals surface area contributed by atoms with Crippen molar-refractivity contribution in [2.24, 2.45) is 0 Å². The van der Waals surface area contributed by atoms with Crippen molar-refractivity contribution in [3.63, 3.8) is 0 Å². The third-order valence-electron chi connectivity index (χ3n) is 2.91. The number of benzene rings is 2. The molecule has 2 aromatic carbocycles. The number of rotatable bonds is 6. The van der Waals surface area contributed by atoms with Crippen molar-refractivity contribution in [1.82, 2.24) is 10.9 Å². The van der Waals surface area contributed by atoms with Gasteiger partial charge in [-0.05, 0) is 49.4 Å². The minimum absolute atomic E-state index is 0.246. The van der Waals surface area contributed by atoms with Crippen LogP contribution in [0.25, 0.3) is 0 Å². The lowest BCUT2D eigenvalue weighted by Gasteiger charge is -2.09. The van der Waals surface area contributed by atoms with Gasteiger partial charge in [-0.3, -0.25) is 20.4 Å². The molecule has 2 amide bonds. The van der Waals surface area contributed by atoms with Crippen LogP contribution in [0.4, 0.5) is 0 Å². The molecule has 0 unspecified atom stereocenters. The largest absolute Gasteiger partial charge is 0.494 e. The van der Waals surface area contributed by atoms with E-state index in [0.29, 0.717) is 28.7 Å². The van der Waals surface area contributed by atoms with Gasteiger partial charge in [0, 0.05) is 10.6 Å². The van der Waals surface area contributed by atoms with Crippen molar-refractivity contribution in [2.45, 2.75) is 6.92 Å². The molecule has 2 aromatic rings. The summed E-state index contributed by atoms with van der Waals surface area (Å²) in [7, 11) is 0. The molecular weight excluding hydrogens is 332 g/mol. The van der Waals surface area contributed by atoms with Crippen LogP contribution >= 0.6 is 11.6 Å². The lowest BCUT2D eigenvalue weighted by atomic mass is 10.2. The van der Waals surface area contributed by atoms with Gasteiger partial charge in [0.1, 0.15) is 11.5 Å². The molecule has 0 radical (unpaired) electrons. The van der Waals surface area contributed by atoms with Crippen LogP contribution in [0.1, 0.15) is 17.3 Å². The van der Waals surface area contributed by atoms with Gasteiger partial charge >= 0.3 is 0 Å². The molecule has 0 aliphatic heterocycles. The third kappa shape index (κ3) is 5.48. The maximum absolute atomic E-state index is 11.9. The first-order valence-electron chi connectivity index (χ1n) is 7.29. The fraction of sp³-hybridized carbons (Fsp3) is 0.176. The van der Waals surface area contributed by atoms with E-state index in [2.05, 4.69) is 10.9 Å². The number of hydrogen-bond acceptors (Lipinski definition) is 4. The fourth-order valence-corrected chi connectivity index (χ4v) is 1.99. The predicted octanol–water partition coefficient (Wildman–Crippen LogP) is 2.58. The first-order valence-corrected chi connectivity index (χ1v) is 7.66. The quantitative estimate of drug-likeness (QED) is 0.787. The van der Waals surface area contributed by atoms with Crippen LogP contribution in [0.3, 0.4) is 0 Å². The molecule has 0 aromatic heterocycles. The summed E-state index contributed by atoms with van der Waals surface area (Å²) in [5, 5.41) is 0.511. The summed E-state index contributed by atoms with van der Waals surface area (Å²) in [6.45, 7) is 2.18. The van der Waals surface area contributed by atoms with Crippen LogP contribution in [-0.4, -0.2) is 25.0 Å². The van der Waals surface area contributed by atoms with Crippen LogP contribution in [-0.2, 0) is 4.79 Å². The van der Waals surface area contributed by atoms with Crippen molar-refractivity contribution < 1.29 is 19.1 Å². The molecule has 6 nitrogen and oxygen atoms in total. The van der Waals surface area contributed by atoms with Crippen molar-refractivity contribution in [3.05, 3.63) is 59.1 Å². The maximum atomic E-state index is 11.9.